The van der Waals surface area contributed by atoms with E-state index in [1.807, 2.05) is 19.9 Å². The van der Waals surface area contributed by atoms with Crippen LogP contribution in [0.25, 0.3) is 0 Å². The van der Waals surface area contributed by atoms with E-state index in [1.54, 1.807) is 24.3 Å². The Bertz CT molecular complexity index is 404. The van der Waals surface area contributed by atoms with Crippen molar-refractivity contribution < 1.29 is 19.4 Å². The Labute approximate surface area is 107 Å². The van der Waals surface area contributed by atoms with Crippen LogP contribution in [0.3, 0.4) is 0 Å². The minimum Gasteiger partial charge on any atom is -0.453 e. The predicted octanol–water partition coefficient (Wildman–Crippen LogP) is 1.98. The van der Waals surface area contributed by atoms with E-state index in [4.69, 9.17) is 9.47 Å². The molecule has 0 spiro atoms. The van der Waals surface area contributed by atoms with Crippen molar-refractivity contribution in [1.29, 1.82) is 0 Å². The van der Waals surface area contributed by atoms with Crippen molar-refractivity contribution in [3.63, 3.8) is 0 Å². The Morgan fingerprint density at radius 2 is 2.06 bits per heavy atom. The van der Waals surface area contributed by atoms with Crippen LogP contribution in [0.15, 0.2) is 30.3 Å². The largest absolute Gasteiger partial charge is 0.453 e. The van der Waals surface area contributed by atoms with Crippen LogP contribution < -0.4 is 0 Å². The average Bonchev–Trinajstić information content (AvgIpc) is 2.67. The van der Waals surface area contributed by atoms with Gasteiger partial charge in [-0.3, -0.25) is 0 Å². The van der Waals surface area contributed by atoms with Gasteiger partial charge in [0.25, 0.3) is 0 Å². The predicted molar refractivity (Wildman–Crippen MR) is 66.0 cm³/mol. The number of ether oxygens (including phenoxy) is 2. The summed E-state index contributed by atoms with van der Waals surface area (Å²) in [6.07, 6.45) is -0.897. The Balaban J connectivity index is 2.04. The van der Waals surface area contributed by atoms with Crippen LogP contribution in [0.1, 0.15) is 30.6 Å². The van der Waals surface area contributed by atoms with Crippen LogP contribution >= 0.6 is 0 Å². The van der Waals surface area contributed by atoms with E-state index in [-0.39, 0.29) is 12.0 Å². The van der Waals surface area contributed by atoms with Crippen LogP contribution in [-0.2, 0) is 9.47 Å². The first-order chi connectivity index (χ1) is 8.63. The van der Waals surface area contributed by atoms with Gasteiger partial charge in [-0.25, -0.2) is 4.79 Å². The highest BCUT2D eigenvalue weighted by atomic mass is 16.7. The molecule has 0 aromatic heterocycles. The van der Waals surface area contributed by atoms with Crippen LogP contribution in [0.5, 0.6) is 0 Å². The quantitative estimate of drug-likeness (QED) is 0.833. The Hall–Kier alpha value is -1.39. The zero-order valence-corrected chi connectivity index (χ0v) is 10.6. The summed E-state index contributed by atoms with van der Waals surface area (Å²) in [4.78, 5) is 11.9. The van der Waals surface area contributed by atoms with Crippen LogP contribution in [0.4, 0.5) is 0 Å². The molecule has 0 amide bonds. The van der Waals surface area contributed by atoms with E-state index in [0.29, 0.717) is 5.56 Å². The highest BCUT2D eigenvalue weighted by molar-refractivity contribution is 5.89. The summed E-state index contributed by atoms with van der Waals surface area (Å²) in [6, 6.07) is 8.76. The summed E-state index contributed by atoms with van der Waals surface area (Å²) < 4.78 is 10.7. The first-order valence-corrected chi connectivity index (χ1v) is 6.23. The van der Waals surface area contributed by atoms with E-state index in [0.717, 1.165) is 6.42 Å². The number of hydrogen-bond donors (Lipinski definition) is 1. The number of esters is 1. The maximum atomic E-state index is 11.9. The molecular weight excluding hydrogens is 232 g/mol. The van der Waals surface area contributed by atoms with Crippen molar-refractivity contribution in [2.75, 3.05) is 0 Å². The molecule has 1 unspecified atom stereocenters. The third-order valence-electron chi connectivity index (χ3n) is 3.35. The molecule has 0 aliphatic carbocycles. The number of carbonyl (C=O) groups is 1. The van der Waals surface area contributed by atoms with E-state index in [2.05, 4.69) is 0 Å². The van der Waals surface area contributed by atoms with E-state index < -0.39 is 18.4 Å². The molecule has 1 heterocycles. The van der Waals surface area contributed by atoms with Gasteiger partial charge in [-0.2, -0.15) is 0 Å². The van der Waals surface area contributed by atoms with Gasteiger partial charge in [0.1, 0.15) is 0 Å². The monoisotopic (exact) mass is 250 g/mol. The Morgan fingerprint density at radius 3 is 2.61 bits per heavy atom. The first kappa shape index (κ1) is 13.1. The van der Waals surface area contributed by atoms with Crippen molar-refractivity contribution in [2.45, 2.75) is 38.8 Å². The molecule has 1 saturated heterocycles. The molecule has 1 aromatic carbocycles. The summed E-state index contributed by atoms with van der Waals surface area (Å²) in [5, 5.41) is 9.76. The minimum absolute atomic E-state index is 0.00216. The van der Waals surface area contributed by atoms with Gasteiger partial charge in [0, 0.05) is 5.92 Å². The molecule has 1 aliphatic rings. The molecule has 4 heteroatoms. The maximum absolute atomic E-state index is 11.9. The lowest BCUT2D eigenvalue weighted by Gasteiger charge is -2.18. The molecule has 1 N–H and O–H groups in total. The SMILES string of the molecule is CC[C@@H]1OC(O)[C@H](OC(=O)c2ccccc2)[C@@H]1C. The highest BCUT2D eigenvalue weighted by Crippen LogP contribution is 2.30. The van der Waals surface area contributed by atoms with Gasteiger partial charge in [0.05, 0.1) is 11.7 Å². The summed E-state index contributed by atoms with van der Waals surface area (Å²) in [7, 11) is 0. The number of aliphatic hydroxyl groups is 1. The van der Waals surface area contributed by atoms with Crippen molar-refractivity contribution in [3.05, 3.63) is 35.9 Å². The molecule has 0 saturated carbocycles. The lowest BCUT2D eigenvalue weighted by atomic mass is 9.99. The molecular formula is C14H18O4. The summed E-state index contributed by atoms with van der Waals surface area (Å²) >= 11 is 0. The topological polar surface area (TPSA) is 55.8 Å². The van der Waals surface area contributed by atoms with Gasteiger partial charge >= 0.3 is 5.97 Å². The van der Waals surface area contributed by atoms with Gasteiger partial charge < -0.3 is 14.6 Å². The third kappa shape index (κ3) is 2.54. The van der Waals surface area contributed by atoms with Crippen molar-refractivity contribution in [1.82, 2.24) is 0 Å². The second kappa shape index (κ2) is 5.50. The van der Waals surface area contributed by atoms with Gasteiger partial charge in [0.2, 0.25) is 0 Å². The van der Waals surface area contributed by atoms with Gasteiger partial charge in [-0.15, -0.1) is 0 Å². The number of hydrogen-bond acceptors (Lipinski definition) is 4. The minimum atomic E-state index is -1.03. The second-order valence-corrected chi connectivity index (χ2v) is 4.57. The molecule has 98 valence electrons. The lowest BCUT2D eigenvalue weighted by molar-refractivity contribution is -0.129. The summed E-state index contributed by atoms with van der Waals surface area (Å²) in [5.74, 6) is -0.426. The zero-order valence-electron chi connectivity index (χ0n) is 10.6. The Kier molecular flexibility index (Phi) is 3.99. The molecule has 2 rings (SSSR count). The highest BCUT2D eigenvalue weighted by Gasteiger charge is 2.42. The molecule has 1 fully saturated rings. The second-order valence-electron chi connectivity index (χ2n) is 4.57. The maximum Gasteiger partial charge on any atom is 0.338 e. The van der Waals surface area contributed by atoms with Crippen LogP contribution in [0.2, 0.25) is 0 Å². The summed E-state index contributed by atoms with van der Waals surface area (Å²) in [5.41, 5.74) is 0.483. The summed E-state index contributed by atoms with van der Waals surface area (Å²) in [6.45, 7) is 3.91. The molecule has 1 aliphatic heterocycles. The number of rotatable bonds is 3. The van der Waals surface area contributed by atoms with E-state index >= 15 is 0 Å². The lowest BCUT2D eigenvalue weighted by Crippen LogP contribution is -2.31. The fraction of sp³-hybridized carbons (Fsp3) is 0.500. The molecule has 0 bridgehead atoms. The average molecular weight is 250 g/mol. The fourth-order valence-corrected chi connectivity index (χ4v) is 2.25. The molecule has 4 nitrogen and oxygen atoms in total. The normalized spacial score (nSPS) is 31.3. The van der Waals surface area contributed by atoms with Gasteiger partial charge in [-0.05, 0) is 18.6 Å². The van der Waals surface area contributed by atoms with Gasteiger partial charge in [-0.1, -0.05) is 32.0 Å². The molecule has 18 heavy (non-hydrogen) atoms. The number of carbonyl (C=O) groups excluding carboxylic acids is 1. The molecule has 0 radical (unpaired) electrons. The standard InChI is InChI=1S/C14H18O4/c1-3-11-9(2)12(14(16)17-11)18-13(15)10-7-5-4-6-8-10/h4-9,11-12,14,16H,3H2,1-2H3/t9-,11+,12-,14?/m1/s1. The molecule has 4 atom stereocenters. The number of aliphatic hydroxyl groups excluding tert-OH is 1. The van der Waals surface area contributed by atoms with E-state index in [9.17, 15) is 9.90 Å². The van der Waals surface area contributed by atoms with Crippen molar-refractivity contribution >= 4 is 5.97 Å². The van der Waals surface area contributed by atoms with Crippen LogP contribution in [-0.4, -0.2) is 29.6 Å². The number of benzene rings is 1. The third-order valence-corrected chi connectivity index (χ3v) is 3.35. The van der Waals surface area contributed by atoms with Crippen molar-refractivity contribution in [2.24, 2.45) is 5.92 Å². The zero-order chi connectivity index (χ0) is 13.1. The Morgan fingerprint density at radius 1 is 1.39 bits per heavy atom. The van der Waals surface area contributed by atoms with Crippen molar-refractivity contribution in [3.8, 4) is 0 Å². The fourth-order valence-electron chi connectivity index (χ4n) is 2.25. The first-order valence-electron chi connectivity index (χ1n) is 6.23. The van der Waals surface area contributed by atoms with E-state index in [1.165, 1.54) is 0 Å². The van der Waals surface area contributed by atoms with Crippen LogP contribution in [0, 0.1) is 5.92 Å². The molecule has 1 aromatic rings. The smallest absolute Gasteiger partial charge is 0.338 e. The van der Waals surface area contributed by atoms with Gasteiger partial charge in [0.15, 0.2) is 12.4 Å².